The number of rotatable bonds is 15. The molecule has 0 heterocycles. The first-order valence-corrected chi connectivity index (χ1v) is 17.6. The molecule has 0 aliphatic carbocycles. The van der Waals surface area contributed by atoms with E-state index in [1.807, 2.05) is 146 Å². The Kier molecular flexibility index (Phi) is 13.5. The zero-order chi connectivity index (χ0) is 35.5. The first-order chi connectivity index (χ1) is 25.8. The number of hydrogen-bond donors (Lipinski definition) is 0. The molecule has 0 aromatic heterocycles. The maximum Gasteiger partial charge on any atom is -0.00257 e. The SMILES string of the molecule is c1ccc(N=C([N-]CCN(CC[N-]C(=Nc2ccccc2)c2ccccc2)CC[N-]C(=Nc2ccccc2)c2ccccc2)c2ccccc2)cc1. The van der Waals surface area contributed by atoms with Gasteiger partial charge in [-0.05, 0) is 73.0 Å². The number of hydrogen-bond acceptors (Lipinski definition) is 4. The molecule has 0 N–H and O–H groups in total. The molecule has 0 bridgehead atoms. The van der Waals surface area contributed by atoms with Crippen LogP contribution in [0.2, 0.25) is 0 Å². The Balaban J connectivity index is 1.17. The van der Waals surface area contributed by atoms with Crippen molar-refractivity contribution in [1.29, 1.82) is 0 Å². The van der Waals surface area contributed by atoms with Crippen LogP contribution in [-0.4, -0.2) is 61.7 Å². The summed E-state index contributed by atoms with van der Waals surface area (Å²) in [6.07, 6.45) is 0. The summed E-state index contributed by atoms with van der Waals surface area (Å²) in [4.78, 5) is 17.1. The van der Waals surface area contributed by atoms with Gasteiger partial charge in [0.2, 0.25) is 0 Å². The van der Waals surface area contributed by atoms with Crippen LogP contribution in [0, 0.1) is 0 Å². The highest BCUT2D eigenvalue weighted by Gasteiger charge is 2.05. The minimum Gasteiger partial charge on any atom is -0.464 e. The third-order valence-corrected chi connectivity index (χ3v) is 8.10. The summed E-state index contributed by atoms with van der Waals surface area (Å²) in [5.41, 5.74) is 5.57. The molecule has 7 nitrogen and oxygen atoms in total. The molecule has 0 saturated carbocycles. The smallest absolute Gasteiger partial charge is 0.00257 e. The van der Waals surface area contributed by atoms with E-state index in [4.69, 9.17) is 30.9 Å². The largest absolute Gasteiger partial charge is 0.464 e. The van der Waals surface area contributed by atoms with Gasteiger partial charge in [0.05, 0.1) is 0 Å². The molecule has 0 unspecified atom stereocenters. The number of amidine groups is 3. The Bertz CT molecular complexity index is 1750. The molecule has 0 aliphatic rings. The Morgan fingerprint density at radius 3 is 0.808 bits per heavy atom. The fourth-order valence-electron chi connectivity index (χ4n) is 5.44. The minimum atomic E-state index is 0.563. The topological polar surface area (TPSA) is 82.6 Å². The van der Waals surface area contributed by atoms with Crippen molar-refractivity contribution in [2.45, 2.75) is 0 Å². The van der Waals surface area contributed by atoms with Gasteiger partial charge in [-0.2, -0.15) is 0 Å². The highest BCUT2D eigenvalue weighted by Crippen LogP contribution is 2.19. The molecule has 6 aromatic rings. The highest BCUT2D eigenvalue weighted by atomic mass is 15.2. The number of para-hydroxylation sites is 3. The van der Waals surface area contributed by atoms with Gasteiger partial charge >= 0.3 is 0 Å². The van der Waals surface area contributed by atoms with E-state index in [9.17, 15) is 0 Å². The standard InChI is InChI=1S/C45H42N7/c1-7-19-37(20-8-1)43(49-40-25-13-4-14-26-40)46-31-34-52(35-32-47-44(38-21-9-2-10-22-38)50-41-27-15-5-16-28-41)36-33-48-45(39-23-11-3-12-24-39)51-42-29-17-6-18-30-42/h1-30H,31-36H2/q-3. The van der Waals surface area contributed by atoms with E-state index in [0.717, 1.165) is 33.8 Å². The van der Waals surface area contributed by atoms with Crippen molar-refractivity contribution >= 4 is 34.6 Å². The lowest BCUT2D eigenvalue weighted by Crippen LogP contribution is -2.33. The maximum atomic E-state index is 5.02. The van der Waals surface area contributed by atoms with Gasteiger partial charge in [-0.25, -0.2) is 0 Å². The number of nitrogens with zero attached hydrogens (tertiary/aromatic N) is 7. The van der Waals surface area contributed by atoms with Gasteiger partial charge in [0, 0.05) is 0 Å². The molecule has 0 atom stereocenters. The third kappa shape index (κ3) is 11.4. The van der Waals surface area contributed by atoms with Crippen LogP contribution in [0.25, 0.3) is 16.0 Å². The van der Waals surface area contributed by atoms with E-state index < -0.39 is 0 Å². The van der Waals surface area contributed by atoms with Crippen LogP contribution in [0.1, 0.15) is 16.7 Å². The summed E-state index contributed by atoms with van der Waals surface area (Å²) in [6.45, 7) is 3.81. The Morgan fingerprint density at radius 2 is 0.558 bits per heavy atom. The van der Waals surface area contributed by atoms with Gasteiger partial charge in [0.15, 0.2) is 0 Å². The van der Waals surface area contributed by atoms with Gasteiger partial charge in [-0.3, -0.25) is 0 Å². The summed E-state index contributed by atoms with van der Waals surface area (Å²) in [7, 11) is 0. The number of benzene rings is 6. The van der Waals surface area contributed by atoms with E-state index in [1.165, 1.54) is 0 Å². The van der Waals surface area contributed by atoms with Gasteiger partial charge in [-0.15, -0.1) is 0 Å². The lowest BCUT2D eigenvalue weighted by molar-refractivity contribution is 0.312. The van der Waals surface area contributed by atoms with Gasteiger partial charge in [-0.1, -0.05) is 199 Å². The first-order valence-electron chi connectivity index (χ1n) is 17.6. The van der Waals surface area contributed by atoms with Crippen molar-refractivity contribution in [2.24, 2.45) is 15.0 Å². The molecule has 0 amide bonds. The second kappa shape index (κ2) is 19.8. The van der Waals surface area contributed by atoms with Crippen LogP contribution in [0.3, 0.4) is 0 Å². The second-order valence-electron chi connectivity index (χ2n) is 11.9. The monoisotopic (exact) mass is 680 g/mol. The maximum absolute atomic E-state index is 5.02. The number of aliphatic imine (C=N–C) groups is 3. The average molecular weight is 681 g/mol. The molecular formula is C45H42N7-3. The van der Waals surface area contributed by atoms with Crippen molar-refractivity contribution in [3.63, 3.8) is 0 Å². The second-order valence-corrected chi connectivity index (χ2v) is 11.9. The fraction of sp³-hybridized carbons (Fsp3) is 0.133. The normalized spacial score (nSPS) is 12.1. The molecule has 0 spiro atoms. The molecule has 260 valence electrons. The van der Waals surface area contributed by atoms with Crippen molar-refractivity contribution in [3.05, 3.63) is 215 Å². The molecule has 0 saturated heterocycles. The van der Waals surface area contributed by atoms with E-state index >= 15 is 0 Å². The van der Waals surface area contributed by atoms with E-state index in [-0.39, 0.29) is 0 Å². The Hall–Kier alpha value is -6.31. The van der Waals surface area contributed by atoms with E-state index in [0.29, 0.717) is 56.8 Å². The molecule has 0 radical (unpaired) electrons. The van der Waals surface area contributed by atoms with Crippen molar-refractivity contribution in [3.8, 4) is 0 Å². The molecule has 0 aliphatic heterocycles. The molecule has 6 aromatic carbocycles. The lowest BCUT2D eigenvalue weighted by Gasteiger charge is -2.30. The van der Waals surface area contributed by atoms with Gasteiger partial charge in [0.25, 0.3) is 0 Å². The van der Waals surface area contributed by atoms with Crippen LogP contribution in [0.15, 0.2) is 197 Å². The average Bonchev–Trinajstić information content (AvgIpc) is 3.21. The highest BCUT2D eigenvalue weighted by molar-refractivity contribution is 6.10. The van der Waals surface area contributed by atoms with Crippen LogP contribution in [0.5, 0.6) is 0 Å². The minimum absolute atomic E-state index is 0.563. The quantitative estimate of drug-likeness (QED) is 0.0785. The zero-order valence-corrected chi connectivity index (χ0v) is 29.2. The molecule has 7 heteroatoms. The zero-order valence-electron chi connectivity index (χ0n) is 29.2. The third-order valence-electron chi connectivity index (χ3n) is 8.10. The lowest BCUT2D eigenvalue weighted by atomic mass is 10.2. The van der Waals surface area contributed by atoms with Crippen molar-refractivity contribution in [1.82, 2.24) is 4.90 Å². The molecule has 6 rings (SSSR count). The predicted molar refractivity (Wildman–Crippen MR) is 218 cm³/mol. The Morgan fingerprint density at radius 1 is 0.327 bits per heavy atom. The first kappa shape index (κ1) is 35.5. The van der Waals surface area contributed by atoms with Crippen LogP contribution >= 0.6 is 0 Å². The summed E-state index contributed by atoms with van der Waals surface area (Å²) in [5.74, 6) is 2.14. The summed E-state index contributed by atoms with van der Waals surface area (Å²) in [6, 6.07) is 60.3. The van der Waals surface area contributed by atoms with Crippen LogP contribution < -0.4 is 0 Å². The summed E-state index contributed by atoms with van der Waals surface area (Å²) < 4.78 is 0. The van der Waals surface area contributed by atoms with Crippen molar-refractivity contribution in [2.75, 3.05) is 39.3 Å². The predicted octanol–water partition coefficient (Wildman–Crippen LogP) is 10.7. The van der Waals surface area contributed by atoms with E-state index in [1.54, 1.807) is 0 Å². The van der Waals surface area contributed by atoms with Gasteiger partial charge < -0.3 is 35.8 Å². The summed E-state index contributed by atoms with van der Waals surface area (Å²) >= 11 is 0. The molecule has 0 fully saturated rings. The fourth-order valence-corrected chi connectivity index (χ4v) is 5.44. The Labute approximate surface area is 307 Å². The molecule has 52 heavy (non-hydrogen) atoms. The van der Waals surface area contributed by atoms with Crippen LogP contribution in [-0.2, 0) is 0 Å². The van der Waals surface area contributed by atoms with Crippen molar-refractivity contribution < 1.29 is 0 Å². The summed E-state index contributed by atoms with van der Waals surface area (Å²) in [5, 5.41) is 15.1. The van der Waals surface area contributed by atoms with Gasteiger partial charge in [0.1, 0.15) is 0 Å². The van der Waals surface area contributed by atoms with E-state index in [2.05, 4.69) is 41.3 Å². The van der Waals surface area contributed by atoms with Crippen LogP contribution in [0.4, 0.5) is 17.1 Å². The molecular weight excluding hydrogens is 639 g/mol.